The Morgan fingerprint density at radius 2 is 1.74 bits per heavy atom. The third kappa shape index (κ3) is 4.27. The molecule has 1 nitrogen and oxygen atoms in total. The largest absolute Gasteiger partial charge is 0.381 e. The molecule has 0 aliphatic rings. The summed E-state index contributed by atoms with van der Waals surface area (Å²) in [6, 6.07) is 19.0. The van der Waals surface area contributed by atoms with Gasteiger partial charge in [-0.25, -0.2) is 0 Å². The average Bonchev–Trinajstić information content (AvgIpc) is 2.45. The molecule has 2 rings (SSSR count). The first-order chi connectivity index (χ1) is 9.29. The van der Waals surface area contributed by atoms with E-state index in [-0.39, 0.29) is 0 Å². The normalized spacial score (nSPS) is 11.6. The molecule has 2 aromatic carbocycles. The molecule has 0 radical (unpaired) electrons. The van der Waals surface area contributed by atoms with Gasteiger partial charge in [-0.05, 0) is 30.7 Å². The van der Waals surface area contributed by atoms with E-state index in [0.717, 1.165) is 0 Å². The van der Waals surface area contributed by atoms with E-state index in [2.05, 4.69) is 61.5 Å². The molecule has 0 saturated heterocycles. The highest BCUT2D eigenvalue weighted by Crippen LogP contribution is 2.34. The molecule has 0 unspecified atom stereocenters. The van der Waals surface area contributed by atoms with Crippen LogP contribution in [-0.4, -0.2) is 13.7 Å². The monoisotopic (exact) mass is 270 g/mol. The Kier molecular flexibility index (Phi) is 5.25. The van der Waals surface area contributed by atoms with E-state index in [9.17, 15) is 0 Å². The van der Waals surface area contributed by atoms with E-state index in [0.29, 0.717) is 6.61 Å². The number of aryl methyl sites for hydroxylation is 1. The molecule has 2 aromatic rings. The minimum Gasteiger partial charge on any atom is -0.381 e. The number of hydrogen-bond donors (Lipinski definition) is 0. The van der Waals surface area contributed by atoms with E-state index < -0.39 is 0 Å². The molecule has 0 amide bonds. The molecule has 0 N–H and O–H groups in total. The van der Waals surface area contributed by atoms with Crippen molar-refractivity contribution >= 4 is 16.7 Å². The van der Waals surface area contributed by atoms with Gasteiger partial charge in [-0.1, -0.05) is 59.8 Å². The number of thioether (sulfide) groups is 1. The Morgan fingerprint density at radius 3 is 2.37 bits per heavy atom. The zero-order chi connectivity index (χ0) is 13.5. The molecule has 0 bridgehead atoms. The number of ether oxygens (including phenoxy) is 1. The molecule has 0 spiro atoms. The highest BCUT2D eigenvalue weighted by atomic mass is 32.2. The lowest BCUT2D eigenvalue weighted by Crippen LogP contribution is -1.87. The van der Waals surface area contributed by atoms with Crippen LogP contribution in [-0.2, 0) is 4.74 Å². The second-order valence-electron chi connectivity index (χ2n) is 4.30. The van der Waals surface area contributed by atoms with Crippen LogP contribution in [0.4, 0.5) is 0 Å². The lowest BCUT2D eigenvalue weighted by Gasteiger charge is -2.08. The Labute approximate surface area is 119 Å². The van der Waals surface area contributed by atoms with Crippen molar-refractivity contribution in [3.8, 4) is 0 Å². The van der Waals surface area contributed by atoms with Crippen molar-refractivity contribution in [2.75, 3.05) is 13.7 Å². The van der Waals surface area contributed by atoms with Gasteiger partial charge in [-0.15, -0.1) is 0 Å². The molecular formula is C17H18OS. The molecule has 0 aliphatic heterocycles. The highest BCUT2D eigenvalue weighted by Gasteiger charge is 2.03. The summed E-state index contributed by atoms with van der Waals surface area (Å²) in [7, 11) is 1.72. The van der Waals surface area contributed by atoms with Gasteiger partial charge in [0.15, 0.2) is 0 Å². The lowest BCUT2D eigenvalue weighted by molar-refractivity contribution is 0.234. The van der Waals surface area contributed by atoms with Crippen molar-refractivity contribution in [2.45, 2.75) is 11.8 Å². The third-order valence-electron chi connectivity index (χ3n) is 2.74. The summed E-state index contributed by atoms with van der Waals surface area (Å²) in [4.78, 5) is 2.47. The quantitative estimate of drug-likeness (QED) is 0.723. The number of hydrogen-bond acceptors (Lipinski definition) is 2. The standard InChI is InChI=1S/C17H18OS/c1-14-8-10-15(11-9-14)17(12-13-18-2)19-16-6-4-3-5-7-16/h3-12H,13H2,1-2H3/b17-12-. The third-order valence-corrected chi connectivity index (χ3v) is 3.87. The lowest BCUT2D eigenvalue weighted by atomic mass is 10.1. The van der Waals surface area contributed by atoms with Crippen molar-refractivity contribution in [3.63, 3.8) is 0 Å². The van der Waals surface area contributed by atoms with Crippen LogP contribution < -0.4 is 0 Å². The van der Waals surface area contributed by atoms with E-state index in [1.165, 1.54) is 20.9 Å². The van der Waals surface area contributed by atoms with Crippen molar-refractivity contribution in [2.24, 2.45) is 0 Å². The Balaban J connectivity index is 2.24. The minimum atomic E-state index is 0.628. The molecule has 19 heavy (non-hydrogen) atoms. The van der Waals surface area contributed by atoms with Gasteiger partial charge >= 0.3 is 0 Å². The molecule has 0 heterocycles. The van der Waals surface area contributed by atoms with Gasteiger partial charge in [-0.2, -0.15) is 0 Å². The fraction of sp³-hybridized carbons (Fsp3) is 0.176. The van der Waals surface area contributed by atoms with Crippen LogP contribution in [0, 0.1) is 6.92 Å². The van der Waals surface area contributed by atoms with Crippen LogP contribution in [0.15, 0.2) is 65.6 Å². The molecule has 0 aromatic heterocycles. The SMILES string of the molecule is COC/C=C(\Sc1ccccc1)c1ccc(C)cc1. The molecule has 0 atom stereocenters. The number of methoxy groups -OCH3 is 1. The van der Waals surface area contributed by atoms with E-state index >= 15 is 0 Å². The summed E-state index contributed by atoms with van der Waals surface area (Å²) in [6.45, 7) is 2.73. The molecule has 2 heteroatoms. The first kappa shape index (κ1) is 13.9. The van der Waals surface area contributed by atoms with Crippen LogP contribution in [0.25, 0.3) is 4.91 Å². The van der Waals surface area contributed by atoms with Crippen molar-refractivity contribution in [3.05, 3.63) is 71.8 Å². The topological polar surface area (TPSA) is 9.23 Å². The predicted molar refractivity (Wildman–Crippen MR) is 83.3 cm³/mol. The Morgan fingerprint density at radius 1 is 1.05 bits per heavy atom. The summed E-state index contributed by atoms with van der Waals surface area (Å²) < 4.78 is 5.17. The predicted octanol–water partition coefficient (Wildman–Crippen LogP) is 4.77. The minimum absolute atomic E-state index is 0.628. The number of rotatable bonds is 5. The summed E-state index contributed by atoms with van der Waals surface area (Å²) in [5.74, 6) is 0. The summed E-state index contributed by atoms with van der Waals surface area (Å²) >= 11 is 1.77. The molecule has 0 saturated carbocycles. The maximum Gasteiger partial charge on any atom is 0.0657 e. The second-order valence-corrected chi connectivity index (χ2v) is 5.42. The van der Waals surface area contributed by atoms with Crippen molar-refractivity contribution in [1.82, 2.24) is 0 Å². The zero-order valence-corrected chi connectivity index (χ0v) is 12.1. The van der Waals surface area contributed by atoms with Gasteiger partial charge in [0.2, 0.25) is 0 Å². The Hall–Kier alpha value is -1.51. The Bertz CT molecular complexity index is 529. The van der Waals surface area contributed by atoms with Crippen LogP contribution in [0.1, 0.15) is 11.1 Å². The fourth-order valence-electron chi connectivity index (χ4n) is 1.71. The van der Waals surface area contributed by atoms with Crippen molar-refractivity contribution in [1.29, 1.82) is 0 Å². The van der Waals surface area contributed by atoms with Crippen LogP contribution in [0.2, 0.25) is 0 Å². The van der Waals surface area contributed by atoms with Gasteiger partial charge in [0.05, 0.1) is 6.61 Å². The summed E-state index contributed by atoms with van der Waals surface area (Å²) in [5.41, 5.74) is 2.51. The molecular weight excluding hydrogens is 252 g/mol. The highest BCUT2D eigenvalue weighted by molar-refractivity contribution is 8.08. The molecule has 0 fully saturated rings. The van der Waals surface area contributed by atoms with Crippen LogP contribution >= 0.6 is 11.8 Å². The molecule has 98 valence electrons. The first-order valence-corrected chi connectivity index (χ1v) is 7.10. The van der Waals surface area contributed by atoms with E-state index in [1.54, 1.807) is 18.9 Å². The average molecular weight is 270 g/mol. The van der Waals surface area contributed by atoms with Crippen LogP contribution in [0.5, 0.6) is 0 Å². The fourth-order valence-corrected chi connectivity index (χ4v) is 2.66. The number of benzene rings is 2. The van der Waals surface area contributed by atoms with Gasteiger partial charge in [0.1, 0.15) is 0 Å². The van der Waals surface area contributed by atoms with Gasteiger partial charge < -0.3 is 4.74 Å². The zero-order valence-electron chi connectivity index (χ0n) is 11.3. The maximum absolute atomic E-state index is 5.17. The van der Waals surface area contributed by atoms with Crippen molar-refractivity contribution < 1.29 is 4.74 Å². The van der Waals surface area contributed by atoms with Crippen LogP contribution in [0.3, 0.4) is 0 Å². The van der Waals surface area contributed by atoms with Gasteiger partial charge in [-0.3, -0.25) is 0 Å². The van der Waals surface area contributed by atoms with Gasteiger partial charge in [0.25, 0.3) is 0 Å². The molecule has 0 aliphatic carbocycles. The smallest absolute Gasteiger partial charge is 0.0657 e. The first-order valence-electron chi connectivity index (χ1n) is 6.28. The van der Waals surface area contributed by atoms with E-state index in [1.807, 2.05) is 6.07 Å². The maximum atomic E-state index is 5.17. The second kappa shape index (κ2) is 7.17. The van der Waals surface area contributed by atoms with E-state index in [4.69, 9.17) is 4.74 Å². The van der Waals surface area contributed by atoms with Gasteiger partial charge in [0, 0.05) is 16.9 Å². The summed E-state index contributed by atoms with van der Waals surface area (Å²) in [5, 5.41) is 0. The summed E-state index contributed by atoms with van der Waals surface area (Å²) in [6.07, 6.45) is 2.13.